The largest absolute Gasteiger partial charge is 0.465 e. The summed E-state index contributed by atoms with van der Waals surface area (Å²) < 4.78 is 5.44. The minimum absolute atomic E-state index is 0.920. The van der Waals surface area contributed by atoms with Gasteiger partial charge in [0.1, 0.15) is 5.75 Å². The van der Waals surface area contributed by atoms with Crippen molar-refractivity contribution in [1.82, 2.24) is 0 Å². The Morgan fingerprint density at radius 1 is 1.00 bits per heavy atom. The van der Waals surface area contributed by atoms with E-state index in [9.17, 15) is 0 Å². The standard InChI is InChI=1S/C15H12O/c1-2-16-15-9-5-8-13-12-7-4-3-6-11(12)10-14(13)15/h2-9H,1,10H2. The molecule has 1 aliphatic carbocycles. The van der Waals surface area contributed by atoms with Gasteiger partial charge in [0, 0.05) is 12.0 Å². The third-order valence-electron chi connectivity index (χ3n) is 3.02. The van der Waals surface area contributed by atoms with Gasteiger partial charge in [-0.25, -0.2) is 0 Å². The second-order valence-electron chi connectivity index (χ2n) is 3.90. The van der Waals surface area contributed by atoms with Gasteiger partial charge in [-0.3, -0.25) is 0 Å². The Kier molecular flexibility index (Phi) is 2.03. The number of hydrogen-bond acceptors (Lipinski definition) is 1. The molecule has 2 aromatic carbocycles. The molecular weight excluding hydrogens is 196 g/mol. The van der Waals surface area contributed by atoms with Crippen LogP contribution in [0.15, 0.2) is 55.3 Å². The lowest BCUT2D eigenvalue weighted by Crippen LogP contribution is -1.88. The summed E-state index contributed by atoms with van der Waals surface area (Å²) in [6.07, 6.45) is 2.44. The summed E-state index contributed by atoms with van der Waals surface area (Å²) in [4.78, 5) is 0. The van der Waals surface area contributed by atoms with Crippen molar-refractivity contribution in [2.45, 2.75) is 6.42 Å². The number of benzene rings is 2. The molecule has 0 aromatic heterocycles. The van der Waals surface area contributed by atoms with Crippen LogP contribution in [0, 0.1) is 0 Å². The van der Waals surface area contributed by atoms with Gasteiger partial charge in [-0.1, -0.05) is 43.0 Å². The monoisotopic (exact) mass is 208 g/mol. The molecule has 0 amide bonds. The van der Waals surface area contributed by atoms with E-state index in [2.05, 4.69) is 36.9 Å². The first-order valence-electron chi connectivity index (χ1n) is 5.38. The Hall–Kier alpha value is -2.02. The summed E-state index contributed by atoms with van der Waals surface area (Å²) in [5.41, 5.74) is 5.25. The highest BCUT2D eigenvalue weighted by molar-refractivity contribution is 5.78. The molecule has 1 aliphatic rings. The van der Waals surface area contributed by atoms with Crippen molar-refractivity contribution in [1.29, 1.82) is 0 Å². The molecule has 0 aliphatic heterocycles. The smallest absolute Gasteiger partial charge is 0.130 e. The number of rotatable bonds is 2. The molecule has 0 saturated carbocycles. The highest BCUT2D eigenvalue weighted by atomic mass is 16.5. The summed E-state index contributed by atoms with van der Waals surface area (Å²) in [5.74, 6) is 0.920. The normalized spacial score (nSPS) is 11.8. The van der Waals surface area contributed by atoms with Crippen LogP contribution in [0.4, 0.5) is 0 Å². The fourth-order valence-electron chi connectivity index (χ4n) is 2.33. The van der Waals surface area contributed by atoms with Crippen molar-refractivity contribution < 1.29 is 4.74 Å². The summed E-state index contributed by atoms with van der Waals surface area (Å²) in [6, 6.07) is 14.7. The quantitative estimate of drug-likeness (QED) is 0.582. The molecule has 0 unspecified atom stereocenters. The topological polar surface area (TPSA) is 9.23 Å². The first kappa shape index (κ1) is 9.22. The molecule has 0 fully saturated rings. The van der Waals surface area contributed by atoms with Crippen LogP contribution in [-0.4, -0.2) is 0 Å². The molecule has 16 heavy (non-hydrogen) atoms. The molecule has 3 rings (SSSR count). The Morgan fingerprint density at radius 3 is 2.69 bits per heavy atom. The van der Waals surface area contributed by atoms with Crippen LogP contribution in [0.1, 0.15) is 11.1 Å². The Labute approximate surface area is 95.0 Å². The molecule has 78 valence electrons. The van der Waals surface area contributed by atoms with E-state index in [-0.39, 0.29) is 0 Å². The van der Waals surface area contributed by atoms with Crippen LogP contribution in [0.25, 0.3) is 11.1 Å². The fraction of sp³-hybridized carbons (Fsp3) is 0.0667. The van der Waals surface area contributed by atoms with Crippen molar-refractivity contribution in [2.75, 3.05) is 0 Å². The van der Waals surface area contributed by atoms with Crippen LogP contribution >= 0.6 is 0 Å². The molecule has 0 atom stereocenters. The average molecular weight is 208 g/mol. The number of fused-ring (bicyclic) bond motifs is 3. The van der Waals surface area contributed by atoms with E-state index in [1.165, 1.54) is 28.5 Å². The van der Waals surface area contributed by atoms with Gasteiger partial charge in [0.05, 0.1) is 6.26 Å². The first-order valence-corrected chi connectivity index (χ1v) is 5.38. The molecule has 2 aromatic rings. The minimum Gasteiger partial charge on any atom is -0.465 e. The molecular formula is C15H12O. The van der Waals surface area contributed by atoms with Crippen LogP contribution in [0.5, 0.6) is 5.75 Å². The third-order valence-corrected chi connectivity index (χ3v) is 3.02. The fourth-order valence-corrected chi connectivity index (χ4v) is 2.33. The highest BCUT2D eigenvalue weighted by Gasteiger charge is 2.20. The summed E-state index contributed by atoms with van der Waals surface area (Å²) >= 11 is 0. The van der Waals surface area contributed by atoms with Gasteiger partial charge in [0.2, 0.25) is 0 Å². The van der Waals surface area contributed by atoms with E-state index in [0.29, 0.717) is 0 Å². The maximum atomic E-state index is 5.44. The van der Waals surface area contributed by atoms with E-state index in [0.717, 1.165) is 12.2 Å². The van der Waals surface area contributed by atoms with Crippen molar-refractivity contribution >= 4 is 0 Å². The maximum absolute atomic E-state index is 5.44. The van der Waals surface area contributed by atoms with E-state index in [1.807, 2.05) is 12.1 Å². The SMILES string of the molecule is C=COc1cccc2c1Cc1ccccc1-2. The van der Waals surface area contributed by atoms with E-state index < -0.39 is 0 Å². The zero-order valence-electron chi connectivity index (χ0n) is 8.94. The molecule has 0 heterocycles. The summed E-state index contributed by atoms with van der Waals surface area (Å²) in [6.45, 7) is 3.61. The predicted octanol–water partition coefficient (Wildman–Crippen LogP) is 3.78. The molecule has 1 nitrogen and oxygen atoms in total. The Morgan fingerprint density at radius 2 is 1.81 bits per heavy atom. The number of hydrogen-bond donors (Lipinski definition) is 0. The van der Waals surface area contributed by atoms with Gasteiger partial charge in [-0.15, -0.1) is 0 Å². The van der Waals surface area contributed by atoms with Gasteiger partial charge in [0.15, 0.2) is 0 Å². The molecule has 0 spiro atoms. The average Bonchev–Trinajstić information content (AvgIpc) is 2.69. The lowest BCUT2D eigenvalue weighted by molar-refractivity contribution is 0.479. The van der Waals surface area contributed by atoms with Crippen LogP contribution in [0.3, 0.4) is 0 Å². The van der Waals surface area contributed by atoms with Gasteiger partial charge in [-0.2, -0.15) is 0 Å². The van der Waals surface area contributed by atoms with Crippen molar-refractivity contribution in [3.63, 3.8) is 0 Å². The highest BCUT2D eigenvalue weighted by Crippen LogP contribution is 2.40. The Balaban J connectivity index is 2.19. The maximum Gasteiger partial charge on any atom is 0.130 e. The minimum atomic E-state index is 0.920. The van der Waals surface area contributed by atoms with Crippen molar-refractivity contribution in [2.24, 2.45) is 0 Å². The van der Waals surface area contributed by atoms with Crippen molar-refractivity contribution in [3.05, 3.63) is 66.4 Å². The molecule has 0 bridgehead atoms. The second kappa shape index (κ2) is 3.53. The molecule has 1 heteroatoms. The van der Waals surface area contributed by atoms with Gasteiger partial charge in [-0.05, 0) is 22.8 Å². The van der Waals surface area contributed by atoms with Crippen molar-refractivity contribution in [3.8, 4) is 16.9 Å². The van der Waals surface area contributed by atoms with Gasteiger partial charge in [0.25, 0.3) is 0 Å². The zero-order valence-corrected chi connectivity index (χ0v) is 8.94. The van der Waals surface area contributed by atoms with Crippen LogP contribution in [-0.2, 0) is 6.42 Å². The molecule has 0 radical (unpaired) electrons. The molecule has 0 saturated heterocycles. The molecule has 0 N–H and O–H groups in total. The zero-order chi connectivity index (χ0) is 11.0. The van der Waals surface area contributed by atoms with Crippen LogP contribution in [0.2, 0.25) is 0 Å². The lowest BCUT2D eigenvalue weighted by Gasteiger charge is -2.06. The van der Waals surface area contributed by atoms with Gasteiger partial charge < -0.3 is 4.74 Å². The van der Waals surface area contributed by atoms with Crippen LogP contribution < -0.4 is 4.74 Å². The summed E-state index contributed by atoms with van der Waals surface area (Å²) in [5, 5.41) is 0. The summed E-state index contributed by atoms with van der Waals surface area (Å²) in [7, 11) is 0. The lowest BCUT2D eigenvalue weighted by atomic mass is 10.1. The van der Waals surface area contributed by atoms with E-state index in [4.69, 9.17) is 4.74 Å². The predicted molar refractivity (Wildman–Crippen MR) is 65.5 cm³/mol. The van der Waals surface area contributed by atoms with E-state index >= 15 is 0 Å². The van der Waals surface area contributed by atoms with E-state index in [1.54, 1.807) is 0 Å². The number of ether oxygens (including phenoxy) is 1. The third kappa shape index (κ3) is 1.25. The first-order chi connectivity index (χ1) is 7.90. The van der Waals surface area contributed by atoms with Gasteiger partial charge >= 0.3 is 0 Å². The second-order valence-corrected chi connectivity index (χ2v) is 3.90. The Bertz CT molecular complexity index is 555.